The van der Waals surface area contributed by atoms with Crippen LogP contribution in [0.1, 0.15) is 32.4 Å². The minimum absolute atomic E-state index is 0.203. The fourth-order valence-corrected chi connectivity index (χ4v) is 2.48. The van der Waals surface area contributed by atoms with Gasteiger partial charge in [0.15, 0.2) is 5.16 Å². The number of carbonyl (C=O) groups excluding carboxylic acids is 1. The zero-order valence-corrected chi connectivity index (χ0v) is 13.6. The first kappa shape index (κ1) is 15.4. The molecule has 0 N–H and O–H groups in total. The molecule has 1 fully saturated rings. The number of rotatable bonds is 2. The highest BCUT2D eigenvalue weighted by Gasteiger charge is 2.35. The molecule has 0 radical (unpaired) electrons. The number of ether oxygens (including phenoxy) is 1. The van der Waals surface area contributed by atoms with Crippen LogP contribution in [0.3, 0.4) is 0 Å². The lowest BCUT2D eigenvalue weighted by Crippen LogP contribution is -2.50. The predicted octanol–water partition coefficient (Wildman–Crippen LogP) is 3.19. The third-order valence-corrected chi connectivity index (χ3v) is 3.57. The predicted molar refractivity (Wildman–Crippen MR) is 79.4 cm³/mol. The molecule has 5 nitrogen and oxygen atoms in total. The molecule has 0 bridgehead atoms. The average molecular weight is 316 g/mol. The molecule has 2 rings (SSSR count). The second-order valence-corrected chi connectivity index (χ2v) is 6.85. The van der Waals surface area contributed by atoms with Crippen LogP contribution in [-0.2, 0) is 4.74 Å². The third-order valence-electron chi connectivity index (χ3n) is 2.83. The monoisotopic (exact) mass is 315 g/mol. The molecule has 0 aliphatic carbocycles. The lowest BCUT2D eigenvalue weighted by Gasteiger charge is -2.39. The number of hydrogen-bond acceptors (Lipinski definition) is 5. The number of aromatic nitrogens is 2. The first-order valence-electron chi connectivity index (χ1n) is 6.35. The molecular weight excluding hydrogens is 298 g/mol. The van der Waals surface area contributed by atoms with Gasteiger partial charge in [0, 0.05) is 19.0 Å². The second kappa shape index (κ2) is 5.77. The van der Waals surface area contributed by atoms with Crippen LogP contribution in [0.15, 0.2) is 11.2 Å². The summed E-state index contributed by atoms with van der Waals surface area (Å²) in [5.74, 6) is 0.203. The van der Waals surface area contributed by atoms with E-state index in [1.165, 1.54) is 11.8 Å². The fourth-order valence-electron chi connectivity index (χ4n) is 1.86. The zero-order valence-electron chi connectivity index (χ0n) is 12.0. The molecule has 20 heavy (non-hydrogen) atoms. The van der Waals surface area contributed by atoms with Gasteiger partial charge in [0.25, 0.3) is 0 Å². The minimum Gasteiger partial charge on any atom is -0.444 e. The van der Waals surface area contributed by atoms with Gasteiger partial charge in [0.1, 0.15) is 10.8 Å². The Kier molecular flexibility index (Phi) is 4.44. The fraction of sp³-hybridized carbons (Fsp3) is 0.615. The maximum atomic E-state index is 11.8. The van der Waals surface area contributed by atoms with Gasteiger partial charge in [-0.25, -0.2) is 14.8 Å². The van der Waals surface area contributed by atoms with Gasteiger partial charge in [-0.2, -0.15) is 0 Å². The molecule has 0 aromatic carbocycles. The lowest BCUT2D eigenvalue weighted by molar-refractivity contribution is 0.00782. The lowest BCUT2D eigenvalue weighted by atomic mass is 9.97. The molecule has 0 spiro atoms. The van der Waals surface area contributed by atoms with Crippen molar-refractivity contribution in [2.45, 2.75) is 37.4 Å². The SMILES string of the molecule is CSc1nc(Cl)cc(C2CN(C(=O)OC(C)(C)C)C2)n1. The van der Waals surface area contributed by atoms with Gasteiger partial charge in [-0.15, -0.1) is 0 Å². The van der Waals surface area contributed by atoms with Gasteiger partial charge in [0.05, 0.1) is 5.69 Å². The highest BCUT2D eigenvalue weighted by atomic mass is 35.5. The zero-order chi connectivity index (χ0) is 14.9. The van der Waals surface area contributed by atoms with Crippen molar-refractivity contribution in [3.05, 3.63) is 16.9 Å². The quantitative estimate of drug-likeness (QED) is 0.476. The van der Waals surface area contributed by atoms with Crippen molar-refractivity contribution in [1.82, 2.24) is 14.9 Å². The van der Waals surface area contributed by atoms with Crippen molar-refractivity contribution in [3.63, 3.8) is 0 Å². The summed E-state index contributed by atoms with van der Waals surface area (Å²) in [6.07, 6.45) is 1.63. The number of likely N-dealkylation sites (tertiary alicyclic amines) is 1. The van der Waals surface area contributed by atoms with Crippen LogP contribution in [0.25, 0.3) is 0 Å². The van der Waals surface area contributed by atoms with Crippen LogP contribution in [0.5, 0.6) is 0 Å². The molecule has 1 aliphatic rings. The summed E-state index contributed by atoms with van der Waals surface area (Å²) in [5.41, 5.74) is 0.418. The Hall–Kier alpha value is -1.01. The molecule has 1 aromatic rings. The van der Waals surface area contributed by atoms with Gasteiger partial charge in [0.2, 0.25) is 0 Å². The van der Waals surface area contributed by atoms with Crippen LogP contribution in [0.2, 0.25) is 5.15 Å². The molecular formula is C13H18ClN3O2S. The van der Waals surface area contributed by atoms with Crippen molar-refractivity contribution in [2.75, 3.05) is 19.3 Å². The molecule has 110 valence electrons. The number of carbonyl (C=O) groups is 1. The van der Waals surface area contributed by atoms with Crippen molar-refractivity contribution < 1.29 is 9.53 Å². The van der Waals surface area contributed by atoms with Gasteiger partial charge in [-0.05, 0) is 33.1 Å². The first-order valence-corrected chi connectivity index (χ1v) is 7.95. The van der Waals surface area contributed by atoms with Crippen molar-refractivity contribution >= 4 is 29.5 Å². The van der Waals surface area contributed by atoms with Gasteiger partial charge in [-0.1, -0.05) is 23.4 Å². The Morgan fingerprint density at radius 1 is 1.45 bits per heavy atom. The summed E-state index contributed by atoms with van der Waals surface area (Å²) in [6.45, 7) is 6.79. The van der Waals surface area contributed by atoms with E-state index in [0.717, 1.165) is 5.69 Å². The standard InChI is InChI=1S/C13H18ClN3O2S/c1-13(2,3)19-12(18)17-6-8(7-17)9-5-10(14)16-11(15-9)20-4/h5,8H,6-7H2,1-4H3. The summed E-state index contributed by atoms with van der Waals surface area (Å²) in [7, 11) is 0. The Morgan fingerprint density at radius 3 is 2.65 bits per heavy atom. The molecule has 2 heterocycles. The van der Waals surface area contributed by atoms with Gasteiger partial charge in [-0.3, -0.25) is 0 Å². The molecule has 1 aliphatic heterocycles. The minimum atomic E-state index is -0.466. The van der Waals surface area contributed by atoms with E-state index in [1.54, 1.807) is 11.0 Å². The highest BCUT2D eigenvalue weighted by molar-refractivity contribution is 7.98. The van der Waals surface area contributed by atoms with Crippen LogP contribution in [0.4, 0.5) is 4.79 Å². The van der Waals surface area contributed by atoms with Crippen molar-refractivity contribution in [3.8, 4) is 0 Å². The van der Waals surface area contributed by atoms with Crippen LogP contribution >= 0.6 is 23.4 Å². The van der Waals surface area contributed by atoms with E-state index < -0.39 is 5.60 Å². The second-order valence-electron chi connectivity index (χ2n) is 5.68. The van der Waals surface area contributed by atoms with E-state index >= 15 is 0 Å². The van der Waals surface area contributed by atoms with Crippen LogP contribution < -0.4 is 0 Å². The van der Waals surface area contributed by atoms with Gasteiger partial charge >= 0.3 is 6.09 Å². The number of thioether (sulfide) groups is 1. The third kappa shape index (κ3) is 3.76. The normalized spacial score (nSPS) is 15.9. The highest BCUT2D eigenvalue weighted by Crippen LogP contribution is 2.29. The number of nitrogens with zero attached hydrogens (tertiary/aromatic N) is 3. The Morgan fingerprint density at radius 2 is 2.10 bits per heavy atom. The van der Waals surface area contributed by atoms with E-state index in [0.29, 0.717) is 23.4 Å². The van der Waals surface area contributed by atoms with E-state index in [-0.39, 0.29) is 12.0 Å². The van der Waals surface area contributed by atoms with Crippen LogP contribution in [0, 0.1) is 0 Å². The molecule has 1 saturated heterocycles. The first-order chi connectivity index (χ1) is 9.28. The summed E-state index contributed by atoms with van der Waals surface area (Å²) >= 11 is 7.42. The molecule has 1 aromatic heterocycles. The molecule has 0 saturated carbocycles. The Bertz CT molecular complexity index is 513. The summed E-state index contributed by atoms with van der Waals surface area (Å²) in [4.78, 5) is 22.1. The summed E-state index contributed by atoms with van der Waals surface area (Å²) < 4.78 is 5.32. The molecule has 7 heteroatoms. The average Bonchev–Trinajstić information content (AvgIpc) is 2.23. The van der Waals surface area contributed by atoms with Crippen LogP contribution in [-0.4, -0.2) is 45.9 Å². The smallest absolute Gasteiger partial charge is 0.410 e. The van der Waals surface area contributed by atoms with E-state index in [9.17, 15) is 4.79 Å². The maximum Gasteiger partial charge on any atom is 0.410 e. The Labute approximate surface area is 128 Å². The van der Waals surface area contributed by atoms with E-state index in [4.69, 9.17) is 16.3 Å². The number of hydrogen-bond donors (Lipinski definition) is 0. The van der Waals surface area contributed by atoms with Gasteiger partial charge < -0.3 is 9.64 Å². The number of halogens is 1. The van der Waals surface area contributed by atoms with Crippen molar-refractivity contribution in [1.29, 1.82) is 0 Å². The Balaban J connectivity index is 1.96. The molecule has 0 atom stereocenters. The molecule has 0 unspecified atom stereocenters. The number of amides is 1. The topological polar surface area (TPSA) is 55.3 Å². The molecule has 1 amide bonds. The summed E-state index contributed by atoms with van der Waals surface area (Å²) in [6, 6.07) is 1.76. The largest absolute Gasteiger partial charge is 0.444 e. The van der Waals surface area contributed by atoms with Crippen molar-refractivity contribution in [2.24, 2.45) is 0 Å². The summed E-state index contributed by atoms with van der Waals surface area (Å²) in [5, 5.41) is 1.10. The maximum absolute atomic E-state index is 11.8. The van der Waals surface area contributed by atoms with E-state index in [2.05, 4.69) is 9.97 Å². The van der Waals surface area contributed by atoms with E-state index in [1.807, 2.05) is 27.0 Å².